The van der Waals surface area contributed by atoms with Crippen molar-refractivity contribution in [2.24, 2.45) is 0 Å². The van der Waals surface area contributed by atoms with Gasteiger partial charge in [-0.1, -0.05) is 42.5 Å². The van der Waals surface area contributed by atoms with Crippen molar-refractivity contribution in [2.75, 3.05) is 12.9 Å². The van der Waals surface area contributed by atoms with E-state index < -0.39 is 0 Å². The van der Waals surface area contributed by atoms with Crippen molar-refractivity contribution >= 4 is 36.2 Å². The van der Waals surface area contributed by atoms with Crippen LogP contribution in [0.3, 0.4) is 0 Å². The van der Waals surface area contributed by atoms with Gasteiger partial charge in [-0.15, -0.1) is 23.5 Å². The summed E-state index contributed by atoms with van der Waals surface area (Å²) in [4.78, 5) is 0. The molecule has 0 bridgehead atoms. The van der Waals surface area contributed by atoms with E-state index in [0.29, 0.717) is 16.4 Å². The van der Waals surface area contributed by atoms with Gasteiger partial charge in [0.05, 0.1) is 24.4 Å². The first-order valence-electron chi connectivity index (χ1n) is 8.45. The first-order valence-corrected chi connectivity index (χ1v) is 11.1. The maximum Gasteiger partial charge on any atom is 0.118 e. The molecule has 134 valence electrons. The molecular formula is C20H24O2S3. The highest BCUT2D eigenvalue weighted by Gasteiger charge is 2.35. The number of hydrogen-bond acceptors (Lipinski definition) is 5. The highest BCUT2D eigenvalue weighted by atomic mass is 32.2. The van der Waals surface area contributed by atoms with E-state index in [0.717, 1.165) is 23.7 Å². The van der Waals surface area contributed by atoms with Crippen molar-refractivity contribution in [1.82, 2.24) is 0 Å². The maximum absolute atomic E-state index is 6.22. The molecule has 0 saturated carbocycles. The molecule has 0 aromatic heterocycles. The second-order valence-electron chi connectivity index (χ2n) is 6.02. The highest BCUT2D eigenvalue weighted by molar-refractivity contribution is 8.17. The standard InChI is InChI=1S/C20H24O2S3/c1-21-17-9-7-15(8-10-17)12-22-18-11-20(25-19(18)13-23)24-14-16-5-3-2-4-6-16/h2-10,18-20,23H,11-14H2,1H3/t18-,19+,20?/m0/s1. The average molecular weight is 393 g/mol. The van der Waals surface area contributed by atoms with Gasteiger partial charge in [0.1, 0.15) is 5.75 Å². The normalized spacial score (nSPS) is 22.9. The third-order valence-corrected chi connectivity index (χ3v) is 8.01. The van der Waals surface area contributed by atoms with Crippen molar-refractivity contribution in [2.45, 2.75) is 34.7 Å². The Morgan fingerprint density at radius 3 is 2.52 bits per heavy atom. The Labute approximate surface area is 164 Å². The van der Waals surface area contributed by atoms with Crippen LogP contribution in [0, 0.1) is 0 Å². The molecule has 0 spiro atoms. The van der Waals surface area contributed by atoms with Gasteiger partial charge in [-0.2, -0.15) is 12.6 Å². The Hall–Kier alpha value is -0.750. The second kappa shape index (κ2) is 9.81. The van der Waals surface area contributed by atoms with E-state index in [9.17, 15) is 0 Å². The van der Waals surface area contributed by atoms with E-state index in [4.69, 9.17) is 9.47 Å². The third kappa shape index (κ3) is 5.61. The predicted octanol–water partition coefficient (Wildman–Crippen LogP) is 5.28. The Bertz CT molecular complexity index is 633. The predicted molar refractivity (Wildman–Crippen MR) is 113 cm³/mol. The summed E-state index contributed by atoms with van der Waals surface area (Å²) in [5, 5.41) is 0.467. The van der Waals surface area contributed by atoms with Crippen LogP contribution in [0.15, 0.2) is 54.6 Å². The molecule has 3 atom stereocenters. The smallest absolute Gasteiger partial charge is 0.118 e. The summed E-state index contributed by atoms with van der Waals surface area (Å²) in [7, 11) is 1.69. The SMILES string of the molecule is COc1ccc(CO[C@H]2CC(SCc3ccccc3)S[C@@H]2CS)cc1. The Kier molecular flexibility index (Phi) is 7.47. The molecule has 1 unspecified atom stereocenters. The number of rotatable bonds is 8. The van der Waals surface area contributed by atoms with Gasteiger partial charge in [0, 0.05) is 16.8 Å². The van der Waals surface area contributed by atoms with Gasteiger partial charge < -0.3 is 9.47 Å². The molecule has 2 aromatic carbocycles. The Morgan fingerprint density at radius 1 is 1.08 bits per heavy atom. The van der Waals surface area contributed by atoms with Crippen LogP contribution in [-0.4, -0.2) is 28.8 Å². The molecule has 2 aromatic rings. The largest absolute Gasteiger partial charge is 0.497 e. The minimum atomic E-state index is 0.276. The first kappa shape index (κ1) is 19.0. The van der Waals surface area contributed by atoms with Crippen molar-refractivity contribution < 1.29 is 9.47 Å². The topological polar surface area (TPSA) is 18.5 Å². The second-order valence-corrected chi connectivity index (χ2v) is 9.32. The van der Waals surface area contributed by atoms with Gasteiger partial charge in [-0.3, -0.25) is 0 Å². The number of methoxy groups -OCH3 is 1. The van der Waals surface area contributed by atoms with Gasteiger partial charge in [-0.05, 0) is 29.7 Å². The molecule has 1 saturated heterocycles. The van der Waals surface area contributed by atoms with Crippen molar-refractivity contribution in [3.63, 3.8) is 0 Å². The van der Waals surface area contributed by atoms with Crippen LogP contribution in [0.25, 0.3) is 0 Å². The molecule has 2 nitrogen and oxygen atoms in total. The van der Waals surface area contributed by atoms with E-state index in [2.05, 4.69) is 55.1 Å². The van der Waals surface area contributed by atoms with Crippen LogP contribution >= 0.6 is 36.2 Å². The lowest BCUT2D eigenvalue weighted by Crippen LogP contribution is -2.22. The summed E-state index contributed by atoms with van der Waals surface area (Å²) in [6.07, 6.45) is 1.36. The molecule has 5 heteroatoms. The van der Waals surface area contributed by atoms with Crippen molar-refractivity contribution in [1.29, 1.82) is 0 Å². The Morgan fingerprint density at radius 2 is 1.84 bits per heavy atom. The summed E-state index contributed by atoms with van der Waals surface area (Å²) < 4.78 is 12.0. The molecule has 0 aliphatic carbocycles. The van der Waals surface area contributed by atoms with Crippen LogP contribution in [-0.2, 0) is 17.1 Å². The molecule has 1 fully saturated rings. The van der Waals surface area contributed by atoms with Gasteiger partial charge >= 0.3 is 0 Å². The monoisotopic (exact) mass is 392 g/mol. The Balaban J connectivity index is 1.49. The van der Waals surface area contributed by atoms with E-state index in [-0.39, 0.29) is 6.10 Å². The van der Waals surface area contributed by atoms with Crippen LogP contribution in [0.2, 0.25) is 0 Å². The molecule has 0 radical (unpaired) electrons. The molecular weight excluding hydrogens is 368 g/mol. The zero-order chi connectivity index (χ0) is 17.5. The summed E-state index contributed by atoms with van der Waals surface area (Å²) in [5.41, 5.74) is 2.57. The molecule has 3 rings (SSSR count). The van der Waals surface area contributed by atoms with Gasteiger partial charge in [0.15, 0.2) is 0 Å². The maximum atomic E-state index is 6.22. The van der Waals surface area contributed by atoms with Crippen LogP contribution < -0.4 is 4.74 Å². The number of ether oxygens (including phenoxy) is 2. The number of thiol groups is 1. The number of thioether (sulfide) groups is 2. The summed E-state index contributed by atoms with van der Waals surface area (Å²) in [5.74, 6) is 2.80. The van der Waals surface area contributed by atoms with Crippen molar-refractivity contribution in [3.05, 3.63) is 65.7 Å². The fourth-order valence-electron chi connectivity index (χ4n) is 2.81. The van der Waals surface area contributed by atoms with Crippen LogP contribution in [0.4, 0.5) is 0 Å². The lowest BCUT2D eigenvalue weighted by Gasteiger charge is -2.17. The van der Waals surface area contributed by atoms with Crippen LogP contribution in [0.5, 0.6) is 5.75 Å². The van der Waals surface area contributed by atoms with Crippen molar-refractivity contribution in [3.8, 4) is 5.75 Å². The minimum absolute atomic E-state index is 0.276. The van der Waals surface area contributed by atoms with E-state index >= 15 is 0 Å². The van der Waals surface area contributed by atoms with E-state index in [1.165, 1.54) is 11.1 Å². The number of benzene rings is 2. The number of hydrogen-bond donors (Lipinski definition) is 1. The molecule has 1 aliphatic rings. The highest BCUT2D eigenvalue weighted by Crippen LogP contribution is 2.43. The van der Waals surface area contributed by atoms with E-state index in [1.807, 2.05) is 35.7 Å². The molecule has 0 amide bonds. The summed E-state index contributed by atoms with van der Waals surface area (Å²) in [6.45, 7) is 0.648. The average Bonchev–Trinajstić information content (AvgIpc) is 3.08. The van der Waals surface area contributed by atoms with E-state index in [1.54, 1.807) is 7.11 Å². The molecule has 1 heterocycles. The molecule has 1 aliphatic heterocycles. The quantitative estimate of drug-likeness (QED) is 0.616. The fraction of sp³-hybridized carbons (Fsp3) is 0.400. The van der Waals surface area contributed by atoms with Crippen LogP contribution in [0.1, 0.15) is 17.5 Å². The minimum Gasteiger partial charge on any atom is -0.497 e. The summed E-state index contributed by atoms with van der Waals surface area (Å²) >= 11 is 8.57. The molecule has 25 heavy (non-hydrogen) atoms. The van der Waals surface area contributed by atoms with Gasteiger partial charge in [0.25, 0.3) is 0 Å². The summed E-state index contributed by atoms with van der Waals surface area (Å²) in [6, 6.07) is 18.8. The molecule has 0 N–H and O–H groups in total. The van der Waals surface area contributed by atoms with Gasteiger partial charge in [0.2, 0.25) is 0 Å². The van der Waals surface area contributed by atoms with Gasteiger partial charge in [-0.25, -0.2) is 0 Å². The first-order chi connectivity index (χ1) is 12.3. The lowest BCUT2D eigenvalue weighted by atomic mass is 10.2. The lowest BCUT2D eigenvalue weighted by molar-refractivity contribution is 0.0445. The fourth-order valence-corrected chi connectivity index (χ4v) is 6.29. The zero-order valence-corrected chi connectivity index (χ0v) is 16.9. The zero-order valence-electron chi connectivity index (χ0n) is 14.3. The third-order valence-electron chi connectivity index (χ3n) is 4.25.